The molecule has 5 rings (SSSR count). The van der Waals surface area contributed by atoms with Crippen LogP contribution in [0.5, 0.6) is 0 Å². The quantitative estimate of drug-likeness (QED) is 0.526. The van der Waals surface area contributed by atoms with Crippen LogP contribution < -0.4 is 5.32 Å². The number of aromatic nitrogens is 3. The number of aryl methyl sites for hydroxylation is 1. The lowest BCUT2D eigenvalue weighted by atomic mass is 9.85. The fourth-order valence-corrected chi connectivity index (χ4v) is 7.35. The Hall–Kier alpha value is -2.63. The Morgan fingerprint density at radius 3 is 2.88 bits per heavy atom. The summed E-state index contributed by atoms with van der Waals surface area (Å²) in [6.45, 7) is 2.72. The lowest BCUT2D eigenvalue weighted by molar-refractivity contribution is -0.126. The molecule has 1 saturated heterocycles. The molecule has 1 aliphatic carbocycles. The average molecular weight is 502 g/mol. The molecule has 2 fully saturated rings. The van der Waals surface area contributed by atoms with E-state index in [9.17, 15) is 13.2 Å². The maximum absolute atomic E-state index is 13.5. The Morgan fingerprint density at radius 2 is 2.15 bits per heavy atom. The molecule has 1 atom stereocenters. The van der Waals surface area contributed by atoms with Crippen LogP contribution in [0.3, 0.4) is 0 Å². The van der Waals surface area contributed by atoms with Crippen molar-refractivity contribution in [2.45, 2.75) is 56.4 Å². The summed E-state index contributed by atoms with van der Waals surface area (Å²) < 4.78 is 33.8. The maximum Gasteiger partial charge on any atom is 0.244 e. The molecule has 2 aliphatic rings. The van der Waals surface area contributed by atoms with Crippen LogP contribution in [0.1, 0.15) is 54.4 Å². The summed E-state index contributed by atoms with van der Waals surface area (Å²) >= 11 is 1.35. The number of nitrogens with one attached hydrogen (secondary N) is 1. The summed E-state index contributed by atoms with van der Waals surface area (Å²) in [5, 5.41) is 6.99. The summed E-state index contributed by atoms with van der Waals surface area (Å²) in [4.78, 5) is 22.9. The molecule has 0 unspecified atom stereocenters. The molecule has 0 radical (unpaired) electrons. The first kappa shape index (κ1) is 23.1. The van der Waals surface area contributed by atoms with Gasteiger partial charge in [0, 0.05) is 42.8 Å². The van der Waals surface area contributed by atoms with Gasteiger partial charge in [-0.25, -0.2) is 8.42 Å². The zero-order valence-electron chi connectivity index (χ0n) is 18.9. The minimum atomic E-state index is -3.75. The molecule has 0 bridgehead atoms. The topological polar surface area (TPSA) is 118 Å². The van der Waals surface area contributed by atoms with Gasteiger partial charge >= 0.3 is 0 Å². The van der Waals surface area contributed by atoms with Crippen molar-refractivity contribution in [2.24, 2.45) is 5.92 Å². The minimum absolute atomic E-state index is 0.137. The first-order chi connectivity index (χ1) is 16.4. The molecule has 9 nitrogen and oxygen atoms in total. The number of carbonyl (C=O) groups excluding carboxylic acids is 1. The predicted molar refractivity (Wildman–Crippen MR) is 127 cm³/mol. The number of amides is 1. The van der Waals surface area contributed by atoms with Gasteiger partial charge < -0.3 is 9.84 Å². The standard InChI is InChI=1S/C23H27N5O4S2/c1-15-20(11-19(33-15)21-26-23(32-27-21)17-6-2-7-17)34(30,31)28-10-4-8-18(14-28)22(29)25-13-16-5-3-9-24-12-16/h3,5,9,11-12,17-18H,2,4,6-8,10,13-14H2,1H3,(H,25,29)/t18-/m0/s1. The fraction of sp³-hybridized carbons (Fsp3) is 0.478. The lowest BCUT2D eigenvalue weighted by Gasteiger charge is -2.31. The second kappa shape index (κ2) is 9.55. The van der Waals surface area contributed by atoms with E-state index in [0.29, 0.717) is 53.3 Å². The van der Waals surface area contributed by atoms with Crippen molar-refractivity contribution < 1.29 is 17.7 Å². The van der Waals surface area contributed by atoms with Crippen molar-refractivity contribution in [1.29, 1.82) is 0 Å². The SMILES string of the molecule is Cc1sc(-c2noc(C3CCC3)n2)cc1S(=O)(=O)N1CCC[C@H](C(=O)NCc2cccnc2)C1. The number of pyridine rings is 1. The zero-order valence-corrected chi connectivity index (χ0v) is 20.6. The Balaban J connectivity index is 1.28. The third kappa shape index (κ3) is 4.64. The number of hydrogen-bond donors (Lipinski definition) is 1. The van der Waals surface area contributed by atoms with Crippen molar-refractivity contribution in [3.63, 3.8) is 0 Å². The van der Waals surface area contributed by atoms with E-state index in [4.69, 9.17) is 4.52 Å². The monoisotopic (exact) mass is 501 g/mol. The van der Waals surface area contributed by atoms with Crippen LogP contribution in [0.4, 0.5) is 0 Å². The van der Waals surface area contributed by atoms with Gasteiger partial charge in [0.15, 0.2) is 0 Å². The molecule has 3 aromatic heterocycles. The molecule has 0 spiro atoms. The van der Waals surface area contributed by atoms with Crippen molar-refractivity contribution in [3.8, 4) is 10.7 Å². The Bertz CT molecular complexity index is 1270. The highest BCUT2D eigenvalue weighted by molar-refractivity contribution is 7.89. The largest absolute Gasteiger partial charge is 0.352 e. The van der Waals surface area contributed by atoms with Crippen LogP contribution in [0.15, 0.2) is 40.0 Å². The Kier molecular flexibility index (Phi) is 6.50. The van der Waals surface area contributed by atoms with Crippen LogP contribution in [-0.2, 0) is 21.4 Å². The van der Waals surface area contributed by atoms with Crippen molar-refractivity contribution in [1.82, 2.24) is 24.7 Å². The number of piperidine rings is 1. The van der Waals surface area contributed by atoms with Gasteiger partial charge in [-0.05, 0) is 50.3 Å². The van der Waals surface area contributed by atoms with Crippen LogP contribution in [0.25, 0.3) is 10.7 Å². The summed E-state index contributed by atoms with van der Waals surface area (Å²) in [7, 11) is -3.75. The molecule has 11 heteroatoms. The van der Waals surface area contributed by atoms with Crippen molar-refractivity contribution >= 4 is 27.3 Å². The van der Waals surface area contributed by atoms with Gasteiger partial charge in [-0.15, -0.1) is 11.3 Å². The normalized spacial score (nSPS) is 19.6. The minimum Gasteiger partial charge on any atom is -0.352 e. The number of thiophene rings is 1. The maximum atomic E-state index is 13.5. The van der Waals surface area contributed by atoms with Gasteiger partial charge in [0.1, 0.15) is 0 Å². The summed E-state index contributed by atoms with van der Waals surface area (Å²) in [5.41, 5.74) is 0.902. The molecule has 180 valence electrons. The molecule has 1 saturated carbocycles. The van der Waals surface area contributed by atoms with E-state index in [0.717, 1.165) is 18.4 Å². The van der Waals surface area contributed by atoms with Gasteiger partial charge in [0.2, 0.25) is 27.6 Å². The van der Waals surface area contributed by atoms with E-state index >= 15 is 0 Å². The number of sulfonamides is 1. The van der Waals surface area contributed by atoms with Gasteiger partial charge in [0.05, 0.1) is 15.7 Å². The Labute approximate surface area is 202 Å². The predicted octanol–water partition coefficient (Wildman–Crippen LogP) is 3.49. The second-order valence-corrected chi connectivity index (χ2v) is 12.1. The number of carbonyl (C=O) groups is 1. The first-order valence-electron chi connectivity index (χ1n) is 11.5. The lowest BCUT2D eigenvalue weighted by Crippen LogP contribution is -2.45. The van der Waals surface area contributed by atoms with Crippen LogP contribution in [0.2, 0.25) is 0 Å². The third-order valence-corrected chi connectivity index (χ3v) is 9.72. The highest BCUT2D eigenvalue weighted by Crippen LogP contribution is 2.38. The van der Waals surface area contributed by atoms with Gasteiger partial charge in [0.25, 0.3) is 0 Å². The molecule has 1 amide bonds. The molecule has 1 N–H and O–H groups in total. The summed E-state index contributed by atoms with van der Waals surface area (Å²) in [6, 6.07) is 5.34. The molecule has 3 aromatic rings. The number of nitrogens with zero attached hydrogens (tertiary/aromatic N) is 4. The smallest absolute Gasteiger partial charge is 0.244 e. The van der Waals surface area contributed by atoms with E-state index in [-0.39, 0.29) is 23.3 Å². The number of rotatable bonds is 7. The van der Waals surface area contributed by atoms with Gasteiger partial charge in [-0.3, -0.25) is 9.78 Å². The molecule has 4 heterocycles. The van der Waals surface area contributed by atoms with Gasteiger partial charge in [-0.1, -0.05) is 17.6 Å². The molecular formula is C23H27N5O4S2. The van der Waals surface area contributed by atoms with E-state index in [2.05, 4.69) is 20.4 Å². The first-order valence-corrected chi connectivity index (χ1v) is 13.8. The van der Waals surface area contributed by atoms with E-state index in [1.807, 2.05) is 12.1 Å². The van der Waals surface area contributed by atoms with Crippen LogP contribution in [0, 0.1) is 12.8 Å². The molecule has 1 aliphatic heterocycles. The van der Waals surface area contributed by atoms with Crippen LogP contribution in [-0.4, -0.2) is 46.8 Å². The number of hydrogen-bond acceptors (Lipinski definition) is 8. The third-order valence-electron chi connectivity index (χ3n) is 6.55. The fourth-order valence-electron chi connectivity index (χ4n) is 4.34. The highest BCUT2D eigenvalue weighted by atomic mass is 32.2. The zero-order chi connectivity index (χ0) is 23.7. The summed E-state index contributed by atoms with van der Waals surface area (Å²) in [6.07, 6.45) is 7.95. The van der Waals surface area contributed by atoms with Crippen LogP contribution >= 0.6 is 11.3 Å². The van der Waals surface area contributed by atoms with Crippen molar-refractivity contribution in [2.75, 3.05) is 13.1 Å². The second-order valence-electron chi connectivity index (χ2n) is 8.90. The highest BCUT2D eigenvalue weighted by Gasteiger charge is 2.35. The molecule has 34 heavy (non-hydrogen) atoms. The Morgan fingerprint density at radius 1 is 1.29 bits per heavy atom. The van der Waals surface area contributed by atoms with E-state index in [1.54, 1.807) is 25.4 Å². The van der Waals surface area contributed by atoms with E-state index < -0.39 is 10.0 Å². The average Bonchev–Trinajstić information content (AvgIpc) is 3.44. The van der Waals surface area contributed by atoms with E-state index in [1.165, 1.54) is 22.1 Å². The van der Waals surface area contributed by atoms with Gasteiger partial charge in [-0.2, -0.15) is 9.29 Å². The van der Waals surface area contributed by atoms with Crippen molar-refractivity contribution in [3.05, 3.63) is 46.9 Å². The summed E-state index contributed by atoms with van der Waals surface area (Å²) in [5.74, 6) is 0.860. The molecule has 0 aromatic carbocycles. The molecular weight excluding hydrogens is 474 g/mol.